The van der Waals surface area contributed by atoms with E-state index in [-0.39, 0.29) is 5.69 Å². The van der Waals surface area contributed by atoms with Gasteiger partial charge in [0, 0.05) is 11.3 Å². The Morgan fingerprint density at radius 1 is 1.22 bits per heavy atom. The van der Waals surface area contributed by atoms with E-state index in [4.69, 9.17) is 0 Å². The number of aromatic nitrogens is 2. The SMILES string of the molecule is Cc1[nH]c(-c2ccc(C(F)(F)F)cc2)nc1C=O. The second kappa shape index (κ2) is 4.29. The second-order valence-corrected chi connectivity index (χ2v) is 3.79. The average Bonchev–Trinajstić information content (AvgIpc) is 2.69. The Hall–Kier alpha value is -2.11. The lowest BCUT2D eigenvalue weighted by molar-refractivity contribution is -0.137. The molecule has 2 aromatic rings. The minimum absolute atomic E-state index is 0.255. The Labute approximate surface area is 101 Å². The van der Waals surface area contributed by atoms with Gasteiger partial charge >= 0.3 is 6.18 Å². The number of benzene rings is 1. The largest absolute Gasteiger partial charge is 0.416 e. The lowest BCUT2D eigenvalue weighted by Gasteiger charge is -2.06. The maximum absolute atomic E-state index is 12.4. The van der Waals surface area contributed by atoms with Crippen molar-refractivity contribution in [1.82, 2.24) is 9.97 Å². The summed E-state index contributed by atoms with van der Waals surface area (Å²) < 4.78 is 37.1. The van der Waals surface area contributed by atoms with Gasteiger partial charge in [-0.25, -0.2) is 4.98 Å². The molecular formula is C12H9F3N2O. The third-order valence-electron chi connectivity index (χ3n) is 2.52. The van der Waals surface area contributed by atoms with Crippen LogP contribution < -0.4 is 0 Å². The third-order valence-corrected chi connectivity index (χ3v) is 2.52. The lowest BCUT2D eigenvalue weighted by Crippen LogP contribution is -2.04. The number of hydrogen-bond donors (Lipinski definition) is 1. The van der Waals surface area contributed by atoms with Gasteiger partial charge in [-0.05, 0) is 19.1 Å². The fourth-order valence-corrected chi connectivity index (χ4v) is 1.54. The van der Waals surface area contributed by atoms with E-state index in [9.17, 15) is 18.0 Å². The van der Waals surface area contributed by atoms with Crippen LogP contribution in [0.25, 0.3) is 11.4 Å². The number of nitrogens with zero attached hydrogens (tertiary/aromatic N) is 1. The summed E-state index contributed by atoms with van der Waals surface area (Å²) >= 11 is 0. The van der Waals surface area contributed by atoms with Gasteiger partial charge in [-0.2, -0.15) is 13.2 Å². The van der Waals surface area contributed by atoms with E-state index < -0.39 is 11.7 Å². The highest BCUT2D eigenvalue weighted by molar-refractivity contribution is 5.75. The molecule has 0 amide bonds. The van der Waals surface area contributed by atoms with Crippen molar-refractivity contribution in [2.45, 2.75) is 13.1 Å². The van der Waals surface area contributed by atoms with Crippen LogP contribution >= 0.6 is 0 Å². The van der Waals surface area contributed by atoms with Crippen LogP contribution in [0.15, 0.2) is 24.3 Å². The Kier molecular flexibility index (Phi) is 2.94. The van der Waals surface area contributed by atoms with Gasteiger partial charge in [-0.3, -0.25) is 4.79 Å². The van der Waals surface area contributed by atoms with Crippen molar-refractivity contribution in [1.29, 1.82) is 0 Å². The normalized spacial score (nSPS) is 11.6. The van der Waals surface area contributed by atoms with Gasteiger partial charge in [-0.1, -0.05) is 12.1 Å². The van der Waals surface area contributed by atoms with Crippen LogP contribution in [0, 0.1) is 6.92 Å². The number of carbonyl (C=O) groups excluding carboxylic acids is 1. The predicted octanol–water partition coefficient (Wildman–Crippen LogP) is 3.22. The molecule has 3 nitrogen and oxygen atoms in total. The number of alkyl halides is 3. The minimum atomic E-state index is -4.36. The molecular weight excluding hydrogens is 245 g/mol. The second-order valence-electron chi connectivity index (χ2n) is 3.79. The monoisotopic (exact) mass is 254 g/mol. The van der Waals surface area contributed by atoms with E-state index in [2.05, 4.69) is 9.97 Å². The van der Waals surface area contributed by atoms with Crippen molar-refractivity contribution >= 4 is 6.29 Å². The molecule has 1 heterocycles. The molecule has 18 heavy (non-hydrogen) atoms. The molecule has 0 aliphatic rings. The van der Waals surface area contributed by atoms with E-state index in [1.54, 1.807) is 6.92 Å². The topological polar surface area (TPSA) is 45.8 Å². The predicted molar refractivity (Wildman–Crippen MR) is 59.2 cm³/mol. The van der Waals surface area contributed by atoms with E-state index >= 15 is 0 Å². The first-order chi connectivity index (χ1) is 8.41. The fourth-order valence-electron chi connectivity index (χ4n) is 1.54. The Morgan fingerprint density at radius 2 is 1.83 bits per heavy atom. The molecule has 0 bridgehead atoms. The van der Waals surface area contributed by atoms with Crippen molar-refractivity contribution < 1.29 is 18.0 Å². The highest BCUT2D eigenvalue weighted by Gasteiger charge is 2.30. The molecule has 1 aromatic heterocycles. The van der Waals surface area contributed by atoms with Crippen molar-refractivity contribution in [2.75, 3.05) is 0 Å². The summed E-state index contributed by atoms with van der Waals surface area (Å²) in [6.45, 7) is 1.67. The van der Waals surface area contributed by atoms with Crippen LogP contribution in [0.3, 0.4) is 0 Å². The van der Waals surface area contributed by atoms with Crippen LogP contribution in [0.4, 0.5) is 13.2 Å². The maximum Gasteiger partial charge on any atom is 0.416 e. The number of rotatable bonds is 2. The zero-order valence-corrected chi connectivity index (χ0v) is 9.38. The number of aromatic amines is 1. The number of H-pyrrole nitrogens is 1. The molecule has 6 heteroatoms. The molecule has 0 aliphatic carbocycles. The summed E-state index contributed by atoms with van der Waals surface area (Å²) in [6.07, 6.45) is -3.76. The molecule has 0 atom stereocenters. The highest BCUT2D eigenvalue weighted by Crippen LogP contribution is 2.30. The van der Waals surface area contributed by atoms with Crippen LogP contribution in [-0.2, 0) is 6.18 Å². The van der Waals surface area contributed by atoms with Crippen molar-refractivity contribution in [3.05, 3.63) is 41.2 Å². The number of nitrogens with one attached hydrogen (secondary N) is 1. The Morgan fingerprint density at radius 3 is 2.28 bits per heavy atom. The van der Waals surface area contributed by atoms with Crippen molar-refractivity contribution in [3.8, 4) is 11.4 Å². The van der Waals surface area contributed by atoms with Gasteiger partial charge in [0.05, 0.1) is 5.56 Å². The van der Waals surface area contributed by atoms with Gasteiger partial charge in [0.15, 0.2) is 6.29 Å². The first-order valence-electron chi connectivity index (χ1n) is 5.11. The standard InChI is InChI=1S/C12H9F3N2O/c1-7-10(6-18)17-11(16-7)8-2-4-9(5-3-8)12(13,14)15/h2-6H,1H3,(H,16,17). The maximum atomic E-state index is 12.4. The summed E-state index contributed by atoms with van der Waals surface area (Å²) in [5, 5.41) is 0. The van der Waals surface area contributed by atoms with Gasteiger partial charge < -0.3 is 4.98 Å². The first-order valence-corrected chi connectivity index (χ1v) is 5.11. The van der Waals surface area contributed by atoms with Crippen LogP contribution in [0.5, 0.6) is 0 Å². The molecule has 1 aromatic carbocycles. The van der Waals surface area contributed by atoms with Gasteiger partial charge in [0.1, 0.15) is 11.5 Å². The molecule has 0 fully saturated rings. The number of aldehydes is 1. The molecule has 0 aliphatic heterocycles. The molecule has 94 valence electrons. The van der Waals surface area contributed by atoms with Gasteiger partial charge in [0.2, 0.25) is 0 Å². The molecule has 0 saturated heterocycles. The molecule has 0 spiro atoms. The molecule has 1 N–H and O–H groups in total. The van der Waals surface area contributed by atoms with Gasteiger partial charge in [-0.15, -0.1) is 0 Å². The van der Waals surface area contributed by atoms with E-state index in [1.165, 1.54) is 12.1 Å². The van der Waals surface area contributed by atoms with Crippen molar-refractivity contribution in [2.24, 2.45) is 0 Å². The fraction of sp³-hybridized carbons (Fsp3) is 0.167. The van der Waals surface area contributed by atoms with E-state index in [0.29, 0.717) is 23.4 Å². The zero-order valence-electron chi connectivity index (χ0n) is 9.38. The van der Waals surface area contributed by atoms with E-state index in [1.807, 2.05) is 0 Å². The summed E-state index contributed by atoms with van der Waals surface area (Å²) in [6, 6.07) is 4.59. The highest BCUT2D eigenvalue weighted by atomic mass is 19.4. The third kappa shape index (κ3) is 2.27. The smallest absolute Gasteiger partial charge is 0.341 e. The zero-order chi connectivity index (χ0) is 13.3. The lowest BCUT2D eigenvalue weighted by atomic mass is 10.1. The molecule has 0 unspecified atom stereocenters. The Balaban J connectivity index is 2.37. The minimum Gasteiger partial charge on any atom is -0.341 e. The summed E-state index contributed by atoms with van der Waals surface area (Å²) in [4.78, 5) is 17.5. The molecule has 0 radical (unpaired) electrons. The quantitative estimate of drug-likeness (QED) is 0.836. The average molecular weight is 254 g/mol. The number of imidazole rings is 1. The number of halogens is 3. The van der Waals surface area contributed by atoms with Crippen LogP contribution in [0.1, 0.15) is 21.7 Å². The first kappa shape index (κ1) is 12.3. The summed E-state index contributed by atoms with van der Waals surface area (Å²) in [5.41, 5.74) is 0.620. The molecule has 0 saturated carbocycles. The number of carbonyl (C=O) groups is 1. The Bertz CT molecular complexity index is 570. The van der Waals surface area contributed by atoms with Crippen LogP contribution in [-0.4, -0.2) is 16.3 Å². The molecule has 2 rings (SSSR count). The summed E-state index contributed by atoms with van der Waals surface area (Å²) in [5.74, 6) is 0.378. The van der Waals surface area contributed by atoms with Crippen LogP contribution in [0.2, 0.25) is 0 Å². The summed E-state index contributed by atoms with van der Waals surface area (Å²) in [7, 11) is 0. The van der Waals surface area contributed by atoms with Crippen molar-refractivity contribution in [3.63, 3.8) is 0 Å². The number of hydrogen-bond acceptors (Lipinski definition) is 2. The van der Waals surface area contributed by atoms with Gasteiger partial charge in [0.25, 0.3) is 0 Å². The number of aryl methyl sites for hydroxylation is 1. The van der Waals surface area contributed by atoms with E-state index in [0.717, 1.165) is 12.1 Å².